The van der Waals surface area contributed by atoms with Crippen molar-refractivity contribution in [2.45, 2.75) is 12.0 Å². The molecule has 0 bridgehead atoms. The molecule has 1 aliphatic heterocycles. The fraction of sp³-hybridized carbons (Fsp3) is 0.538. The molecule has 0 unspecified atom stereocenters. The van der Waals surface area contributed by atoms with E-state index in [4.69, 9.17) is 5.11 Å². The first-order chi connectivity index (χ1) is 9.45. The monoisotopic (exact) mass is 324 g/mol. The predicted molar refractivity (Wildman–Crippen MR) is 76.2 cm³/mol. The molecular weight excluding hydrogens is 306 g/mol. The molecule has 1 fully saturated rings. The summed E-state index contributed by atoms with van der Waals surface area (Å²) in [4.78, 5) is 1.57. The molecule has 21 heavy (non-hydrogen) atoms. The van der Waals surface area contributed by atoms with Gasteiger partial charge in [0.2, 0.25) is 0 Å². The molecule has 0 aromatic heterocycles. The van der Waals surface area contributed by atoms with Gasteiger partial charge < -0.3 is 20.6 Å². The standard InChI is InChI=1S/C13H18F2N2O3.ClH/c14-13(15,8-18)12(17-5-3-16-4-6-17)9-1-2-10(19)11(20)7-9;/h1-2,7,12,16,18-20H,3-6,8H2;1H/t12-;/m0./s1. The van der Waals surface area contributed by atoms with Crippen LogP contribution < -0.4 is 5.32 Å². The molecule has 8 heteroatoms. The zero-order chi connectivity index (χ0) is 14.8. The van der Waals surface area contributed by atoms with Crippen molar-refractivity contribution in [3.8, 4) is 11.5 Å². The number of aromatic hydroxyl groups is 2. The molecule has 0 spiro atoms. The van der Waals surface area contributed by atoms with Gasteiger partial charge >= 0.3 is 0 Å². The maximum Gasteiger partial charge on any atom is 0.289 e. The first-order valence-electron chi connectivity index (χ1n) is 6.41. The van der Waals surface area contributed by atoms with Crippen LogP contribution in [0.25, 0.3) is 0 Å². The summed E-state index contributed by atoms with van der Waals surface area (Å²) in [6.45, 7) is 0.733. The van der Waals surface area contributed by atoms with Crippen molar-refractivity contribution in [1.29, 1.82) is 0 Å². The number of hydrogen-bond acceptors (Lipinski definition) is 5. The maximum absolute atomic E-state index is 14.1. The van der Waals surface area contributed by atoms with Gasteiger partial charge in [-0.3, -0.25) is 4.90 Å². The average molecular weight is 325 g/mol. The Labute approximate surface area is 127 Å². The number of halogens is 3. The van der Waals surface area contributed by atoms with Gasteiger partial charge in [-0.15, -0.1) is 12.4 Å². The Morgan fingerprint density at radius 1 is 1.19 bits per heavy atom. The number of aliphatic hydroxyl groups excluding tert-OH is 1. The predicted octanol–water partition coefficient (Wildman–Crippen LogP) is 1.09. The van der Waals surface area contributed by atoms with E-state index in [1.54, 1.807) is 4.90 Å². The molecule has 0 aliphatic carbocycles. The Balaban J connectivity index is 0.00000220. The SMILES string of the molecule is Cl.OCC(F)(F)[C@H](c1ccc(O)c(O)c1)N1CCNCC1. The highest BCUT2D eigenvalue weighted by Gasteiger charge is 2.44. The maximum atomic E-state index is 14.1. The molecule has 2 rings (SSSR count). The quantitative estimate of drug-likeness (QED) is 0.624. The Kier molecular flexibility index (Phi) is 6.15. The number of phenolic OH excluding ortho intramolecular Hbond substituents is 2. The Bertz CT molecular complexity index is 471. The van der Waals surface area contributed by atoms with E-state index in [2.05, 4.69) is 5.32 Å². The number of alkyl halides is 2. The zero-order valence-corrected chi connectivity index (χ0v) is 12.1. The number of nitrogens with one attached hydrogen (secondary N) is 1. The molecule has 1 aliphatic rings. The first-order valence-corrected chi connectivity index (χ1v) is 6.41. The molecule has 4 N–H and O–H groups in total. The minimum Gasteiger partial charge on any atom is -0.504 e. The van der Waals surface area contributed by atoms with Crippen molar-refractivity contribution in [3.63, 3.8) is 0 Å². The van der Waals surface area contributed by atoms with Crippen molar-refractivity contribution >= 4 is 12.4 Å². The average Bonchev–Trinajstić information content (AvgIpc) is 2.44. The normalized spacial score (nSPS) is 18.0. The molecule has 0 radical (unpaired) electrons. The highest BCUT2D eigenvalue weighted by molar-refractivity contribution is 5.85. The fourth-order valence-electron chi connectivity index (χ4n) is 2.46. The summed E-state index contributed by atoms with van der Waals surface area (Å²) in [7, 11) is 0. The summed E-state index contributed by atoms with van der Waals surface area (Å²) in [5, 5.41) is 30.8. The number of nitrogens with zero attached hydrogens (tertiary/aromatic N) is 1. The van der Waals surface area contributed by atoms with E-state index in [9.17, 15) is 19.0 Å². The van der Waals surface area contributed by atoms with Crippen molar-refractivity contribution in [2.75, 3.05) is 32.8 Å². The van der Waals surface area contributed by atoms with Gasteiger partial charge in [-0.1, -0.05) is 6.07 Å². The Morgan fingerprint density at radius 2 is 1.81 bits per heavy atom. The molecule has 1 heterocycles. The van der Waals surface area contributed by atoms with Gasteiger partial charge in [0.15, 0.2) is 11.5 Å². The summed E-state index contributed by atoms with van der Waals surface area (Å²) in [5.74, 6) is -4.14. The molecule has 0 amide bonds. The lowest BCUT2D eigenvalue weighted by atomic mass is 9.97. The minimum atomic E-state index is -3.33. The second-order valence-corrected chi connectivity index (χ2v) is 4.86. The van der Waals surface area contributed by atoms with E-state index in [1.165, 1.54) is 12.1 Å². The topological polar surface area (TPSA) is 76.0 Å². The smallest absolute Gasteiger partial charge is 0.289 e. The molecule has 120 valence electrons. The largest absolute Gasteiger partial charge is 0.504 e. The molecule has 1 aromatic carbocycles. The van der Waals surface area contributed by atoms with Crippen molar-refractivity contribution < 1.29 is 24.1 Å². The molecule has 1 saturated heterocycles. The van der Waals surface area contributed by atoms with Crippen LogP contribution >= 0.6 is 12.4 Å². The van der Waals surface area contributed by atoms with E-state index in [-0.39, 0.29) is 23.7 Å². The third kappa shape index (κ3) is 3.94. The minimum absolute atomic E-state index is 0. The van der Waals surface area contributed by atoms with Crippen molar-refractivity contribution in [1.82, 2.24) is 10.2 Å². The van der Waals surface area contributed by atoms with Crippen molar-refractivity contribution in [3.05, 3.63) is 23.8 Å². The van der Waals surface area contributed by atoms with Gasteiger partial charge in [0.25, 0.3) is 5.92 Å². The van der Waals surface area contributed by atoms with Gasteiger partial charge in [0, 0.05) is 26.2 Å². The van der Waals surface area contributed by atoms with Gasteiger partial charge in [0.05, 0.1) is 0 Å². The van der Waals surface area contributed by atoms with Crippen LogP contribution in [0.3, 0.4) is 0 Å². The molecule has 1 aromatic rings. The Morgan fingerprint density at radius 3 is 2.33 bits per heavy atom. The van der Waals surface area contributed by atoms with E-state index < -0.39 is 24.3 Å². The lowest BCUT2D eigenvalue weighted by Crippen LogP contribution is -2.51. The van der Waals surface area contributed by atoms with Crippen LogP contribution in [0.15, 0.2) is 18.2 Å². The fourth-order valence-corrected chi connectivity index (χ4v) is 2.46. The summed E-state index contributed by atoms with van der Waals surface area (Å²) in [6.07, 6.45) is 0. The van der Waals surface area contributed by atoms with Gasteiger partial charge in [-0.2, -0.15) is 0 Å². The van der Waals surface area contributed by atoms with Crippen LogP contribution in [0.2, 0.25) is 0 Å². The Hall–Kier alpha value is -1.15. The number of aliphatic hydroxyl groups is 1. The first kappa shape index (κ1) is 17.9. The highest BCUT2D eigenvalue weighted by Crippen LogP contribution is 2.39. The number of hydrogen-bond donors (Lipinski definition) is 4. The summed E-state index contributed by atoms with van der Waals surface area (Å²) >= 11 is 0. The van der Waals surface area contributed by atoms with Crippen LogP contribution in [0, 0.1) is 0 Å². The lowest BCUT2D eigenvalue weighted by Gasteiger charge is -2.38. The van der Waals surface area contributed by atoms with E-state index in [1.807, 2.05) is 0 Å². The summed E-state index contributed by atoms with van der Waals surface area (Å²) in [5.41, 5.74) is 0.168. The molecular formula is C13H19ClF2N2O3. The third-order valence-corrected chi connectivity index (χ3v) is 3.44. The second kappa shape index (κ2) is 7.22. The summed E-state index contributed by atoms with van der Waals surface area (Å²) in [6, 6.07) is 2.30. The molecule has 0 saturated carbocycles. The highest BCUT2D eigenvalue weighted by atomic mass is 35.5. The van der Waals surface area contributed by atoms with Gasteiger partial charge in [0.1, 0.15) is 12.6 Å². The van der Waals surface area contributed by atoms with Crippen LogP contribution in [0.5, 0.6) is 11.5 Å². The zero-order valence-electron chi connectivity index (χ0n) is 11.3. The van der Waals surface area contributed by atoms with Gasteiger partial charge in [-0.05, 0) is 17.7 Å². The molecule has 5 nitrogen and oxygen atoms in total. The van der Waals surface area contributed by atoms with Crippen LogP contribution in [-0.2, 0) is 0 Å². The van der Waals surface area contributed by atoms with E-state index >= 15 is 0 Å². The lowest BCUT2D eigenvalue weighted by molar-refractivity contribution is -0.118. The number of rotatable bonds is 4. The molecule has 1 atom stereocenters. The second-order valence-electron chi connectivity index (χ2n) is 4.86. The number of piperazine rings is 1. The number of benzene rings is 1. The van der Waals surface area contributed by atoms with Crippen LogP contribution in [-0.4, -0.2) is 58.9 Å². The van der Waals surface area contributed by atoms with E-state index in [0.29, 0.717) is 26.2 Å². The summed E-state index contributed by atoms with van der Waals surface area (Å²) < 4.78 is 28.1. The van der Waals surface area contributed by atoms with E-state index in [0.717, 1.165) is 6.07 Å². The number of phenols is 2. The van der Waals surface area contributed by atoms with Crippen molar-refractivity contribution in [2.24, 2.45) is 0 Å². The van der Waals surface area contributed by atoms with Crippen LogP contribution in [0.4, 0.5) is 8.78 Å². The van der Waals surface area contributed by atoms with Gasteiger partial charge in [-0.25, -0.2) is 8.78 Å². The third-order valence-electron chi connectivity index (χ3n) is 3.44. The van der Waals surface area contributed by atoms with Crippen LogP contribution in [0.1, 0.15) is 11.6 Å².